The zero-order valence-corrected chi connectivity index (χ0v) is 42.1. The second-order valence-electron chi connectivity index (χ2n) is 19.0. The van der Waals surface area contributed by atoms with Crippen molar-refractivity contribution in [2.75, 3.05) is 19.8 Å². The van der Waals surface area contributed by atoms with Crippen LogP contribution in [0.25, 0.3) is 0 Å². The van der Waals surface area contributed by atoms with Gasteiger partial charge in [-0.15, -0.1) is 0 Å². The molecule has 396 valence electrons. The lowest BCUT2D eigenvalue weighted by Gasteiger charge is -2.46. The number of hydrogen-bond donors (Lipinski definition) is 9. The smallest absolute Gasteiger partial charge is 0.220 e. The van der Waals surface area contributed by atoms with Crippen LogP contribution in [0.4, 0.5) is 0 Å². The van der Waals surface area contributed by atoms with Gasteiger partial charge in [0.2, 0.25) is 5.91 Å². The molecule has 9 N–H and O–H groups in total. The number of amides is 1. The molecule has 2 fully saturated rings. The first kappa shape index (κ1) is 62.1. The first-order valence-electron chi connectivity index (χ1n) is 26.9. The first-order chi connectivity index (χ1) is 33.1. The highest BCUT2D eigenvalue weighted by molar-refractivity contribution is 5.76. The monoisotopic (exact) mass is 968 g/mol. The van der Waals surface area contributed by atoms with Crippen LogP contribution in [0.15, 0.2) is 48.6 Å². The molecule has 68 heavy (non-hydrogen) atoms. The molecule has 0 aromatic heterocycles. The topological polar surface area (TPSA) is 228 Å². The Morgan fingerprint density at radius 1 is 0.529 bits per heavy atom. The van der Waals surface area contributed by atoms with Crippen LogP contribution in [0.3, 0.4) is 0 Å². The van der Waals surface area contributed by atoms with Crippen molar-refractivity contribution in [1.29, 1.82) is 0 Å². The fourth-order valence-electron chi connectivity index (χ4n) is 8.56. The van der Waals surface area contributed by atoms with Crippen molar-refractivity contribution >= 4 is 5.91 Å². The minimum absolute atomic E-state index is 0.256. The number of nitrogens with one attached hydrogen (secondary N) is 1. The summed E-state index contributed by atoms with van der Waals surface area (Å²) in [6.45, 7) is 2.71. The Bertz CT molecular complexity index is 1330. The maximum Gasteiger partial charge on any atom is 0.220 e. The van der Waals surface area contributed by atoms with E-state index in [9.17, 15) is 45.6 Å². The van der Waals surface area contributed by atoms with Gasteiger partial charge in [0, 0.05) is 6.42 Å². The van der Waals surface area contributed by atoms with Crippen LogP contribution in [0.1, 0.15) is 194 Å². The summed E-state index contributed by atoms with van der Waals surface area (Å²) in [6.07, 6.45) is 31.5. The van der Waals surface area contributed by atoms with Gasteiger partial charge in [0.15, 0.2) is 12.6 Å². The van der Waals surface area contributed by atoms with Gasteiger partial charge in [-0.3, -0.25) is 4.79 Å². The predicted molar refractivity (Wildman–Crippen MR) is 267 cm³/mol. The van der Waals surface area contributed by atoms with E-state index in [4.69, 9.17) is 18.9 Å². The fourth-order valence-corrected chi connectivity index (χ4v) is 8.56. The molecule has 2 aliphatic rings. The molecule has 0 spiro atoms. The Balaban J connectivity index is 1.84. The summed E-state index contributed by atoms with van der Waals surface area (Å²) in [7, 11) is 0. The van der Waals surface area contributed by atoms with Gasteiger partial charge < -0.3 is 65.1 Å². The molecule has 0 saturated carbocycles. The molecule has 0 radical (unpaired) electrons. The van der Waals surface area contributed by atoms with Gasteiger partial charge in [0.25, 0.3) is 0 Å². The highest BCUT2D eigenvalue weighted by atomic mass is 16.7. The van der Waals surface area contributed by atoms with Gasteiger partial charge in [-0.1, -0.05) is 178 Å². The molecular weight excluding hydrogens is 871 g/mol. The second-order valence-corrected chi connectivity index (χ2v) is 19.0. The number of rotatable bonds is 41. The lowest BCUT2D eigenvalue weighted by atomic mass is 9.97. The molecule has 12 atom stereocenters. The Labute approximate surface area is 410 Å². The van der Waals surface area contributed by atoms with E-state index in [1.165, 1.54) is 103 Å². The molecule has 14 nitrogen and oxygen atoms in total. The van der Waals surface area contributed by atoms with Crippen molar-refractivity contribution in [2.45, 2.75) is 267 Å². The summed E-state index contributed by atoms with van der Waals surface area (Å²) in [6, 6.07) is -0.938. The summed E-state index contributed by atoms with van der Waals surface area (Å²) < 4.78 is 22.7. The maximum atomic E-state index is 13.2. The van der Waals surface area contributed by atoms with Crippen molar-refractivity contribution in [3.8, 4) is 0 Å². The molecule has 1 amide bonds. The van der Waals surface area contributed by atoms with Crippen molar-refractivity contribution in [3.63, 3.8) is 0 Å². The summed E-state index contributed by atoms with van der Waals surface area (Å²) in [5, 5.41) is 86.8. The molecule has 0 aromatic carbocycles. The van der Waals surface area contributed by atoms with Gasteiger partial charge in [0.05, 0.1) is 32.0 Å². The van der Waals surface area contributed by atoms with Gasteiger partial charge in [0.1, 0.15) is 48.8 Å². The number of unbranched alkanes of at least 4 members (excludes halogenated alkanes) is 22. The van der Waals surface area contributed by atoms with E-state index >= 15 is 0 Å². The predicted octanol–water partition coefficient (Wildman–Crippen LogP) is 7.66. The number of allylic oxidation sites excluding steroid dienone is 7. The van der Waals surface area contributed by atoms with E-state index in [0.717, 1.165) is 57.8 Å². The molecule has 2 heterocycles. The lowest BCUT2D eigenvalue weighted by molar-refractivity contribution is -0.359. The largest absolute Gasteiger partial charge is 0.394 e. The number of carbonyl (C=O) groups is 1. The summed E-state index contributed by atoms with van der Waals surface area (Å²) in [4.78, 5) is 13.2. The van der Waals surface area contributed by atoms with Gasteiger partial charge in [-0.2, -0.15) is 0 Å². The van der Waals surface area contributed by atoms with Crippen molar-refractivity contribution in [3.05, 3.63) is 48.6 Å². The number of hydrogen-bond acceptors (Lipinski definition) is 13. The normalized spacial score (nSPS) is 26.7. The standard InChI is InChI=1S/C54H97NO13/c1-3-5-7-9-11-13-15-17-19-20-21-22-23-24-25-27-29-31-33-35-37-43(58)42(55-46(59)38-36-34-32-30-28-26-18-16-14-12-10-8-6-4-2)41-65-53-51(64)49(62)52(45(40-57)67-53)68-54-50(63)48(61)47(60)44(39-56)66-54/h10,12,16,18,27,29,35,37,42-45,47-54,56-58,60-64H,3-9,11,13-15,17,19-26,28,30-34,36,38-41H2,1-2H3,(H,55,59)/b12-10-,18-16-,29-27+,37-35+. The van der Waals surface area contributed by atoms with Crippen LogP contribution in [-0.4, -0.2) is 140 Å². The lowest BCUT2D eigenvalue weighted by Crippen LogP contribution is -2.65. The zero-order valence-electron chi connectivity index (χ0n) is 42.1. The summed E-state index contributed by atoms with van der Waals surface area (Å²) >= 11 is 0. The number of aliphatic hydroxyl groups excluding tert-OH is 8. The Hall–Kier alpha value is -2.05. The van der Waals surface area contributed by atoms with Gasteiger partial charge >= 0.3 is 0 Å². The van der Waals surface area contributed by atoms with Crippen LogP contribution < -0.4 is 5.32 Å². The average Bonchev–Trinajstić information content (AvgIpc) is 3.34. The number of carbonyl (C=O) groups excluding carboxylic acids is 1. The van der Waals surface area contributed by atoms with Crippen LogP contribution >= 0.6 is 0 Å². The molecule has 12 unspecified atom stereocenters. The number of ether oxygens (including phenoxy) is 4. The highest BCUT2D eigenvalue weighted by Gasteiger charge is 2.51. The highest BCUT2D eigenvalue weighted by Crippen LogP contribution is 2.30. The van der Waals surface area contributed by atoms with E-state index in [-0.39, 0.29) is 18.9 Å². The summed E-state index contributed by atoms with van der Waals surface area (Å²) in [5.74, 6) is -0.265. The van der Waals surface area contributed by atoms with E-state index in [2.05, 4.69) is 55.6 Å². The molecule has 0 aliphatic carbocycles. The third-order valence-electron chi connectivity index (χ3n) is 13.0. The van der Waals surface area contributed by atoms with E-state index < -0.39 is 86.8 Å². The Kier molecular flexibility index (Phi) is 37.0. The SMILES string of the molecule is CCCC/C=C\C/C=C\CCCCCCCC(=O)NC(COC1OC(CO)C(OC2OC(CO)C(O)C(O)C2O)C(O)C1O)C(O)/C=C/CC/C=C/CCCCCCCCCCCCCCCC. The molecule has 2 aliphatic heterocycles. The fraction of sp³-hybridized carbons (Fsp3) is 0.833. The quantitative estimate of drug-likeness (QED) is 0.0212. The van der Waals surface area contributed by atoms with Crippen molar-refractivity contribution < 1.29 is 64.6 Å². The average molecular weight is 968 g/mol. The minimum Gasteiger partial charge on any atom is -0.394 e. The van der Waals surface area contributed by atoms with Crippen LogP contribution in [0.2, 0.25) is 0 Å². The second kappa shape index (κ2) is 40.5. The Morgan fingerprint density at radius 2 is 1.00 bits per heavy atom. The maximum absolute atomic E-state index is 13.2. The Morgan fingerprint density at radius 3 is 1.57 bits per heavy atom. The van der Waals surface area contributed by atoms with Crippen LogP contribution in [0.5, 0.6) is 0 Å². The van der Waals surface area contributed by atoms with Gasteiger partial charge in [-0.05, 0) is 57.8 Å². The molecule has 14 heteroatoms. The molecule has 2 saturated heterocycles. The van der Waals surface area contributed by atoms with Gasteiger partial charge in [-0.25, -0.2) is 0 Å². The van der Waals surface area contributed by atoms with Crippen LogP contribution in [-0.2, 0) is 23.7 Å². The third kappa shape index (κ3) is 27.0. The first-order valence-corrected chi connectivity index (χ1v) is 26.9. The molecule has 0 bridgehead atoms. The molecular formula is C54H97NO13. The van der Waals surface area contributed by atoms with Crippen LogP contribution in [0, 0.1) is 0 Å². The van der Waals surface area contributed by atoms with E-state index in [0.29, 0.717) is 12.8 Å². The molecule has 0 aromatic rings. The summed E-state index contributed by atoms with van der Waals surface area (Å²) in [5.41, 5.74) is 0. The minimum atomic E-state index is -1.79. The number of aliphatic hydroxyl groups is 8. The van der Waals surface area contributed by atoms with Crippen molar-refractivity contribution in [2.24, 2.45) is 0 Å². The van der Waals surface area contributed by atoms with Crippen molar-refractivity contribution in [1.82, 2.24) is 5.32 Å². The zero-order chi connectivity index (χ0) is 49.6. The van der Waals surface area contributed by atoms with E-state index in [1.54, 1.807) is 6.08 Å². The molecule has 2 rings (SSSR count). The third-order valence-corrected chi connectivity index (χ3v) is 13.0. The van der Waals surface area contributed by atoms with E-state index in [1.807, 2.05) is 6.08 Å².